The van der Waals surface area contributed by atoms with Crippen LogP contribution in [0.3, 0.4) is 0 Å². The molecule has 2 heterocycles. The van der Waals surface area contributed by atoms with E-state index in [1.54, 1.807) is 13.3 Å². The first kappa shape index (κ1) is 11.4. The Morgan fingerprint density at radius 3 is 2.94 bits per heavy atom. The lowest BCUT2D eigenvalue weighted by Gasteiger charge is -2.24. The number of nitrogens with one attached hydrogen (secondary N) is 2. The first-order chi connectivity index (χ1) is 7.79. The first-order valence-electron chi connectivity index (χ1n) is 5.33. The summed E-state index contributed by atoms with van der Waals surface area (Å²) in [5.74, 6) is 1.30. The highest BCUT2D eigenvalue weighted by atomic mass is 35.5. The van der Waals surface area contributed by atoms with E-state index in [1.807, 2.05) is 0 Å². The highest BCUT2D eigenvalue weighted by Gasteiger charge is 2.15. The van der Waals surface area contributed by atoms with Gasteiger partial charge in [0.05, 0.1) is 13.3 Å². The number of hydrogen-bond donors (Lipinski definition) is 2. The van der Waals surface area contributed by atoms with E-state index < -0.39 is 0 Å². The molecule has 6 heteroatoms. The smallest absolute Gasteiger partial charge is 0.224 e. The number of ether oxygens (including phenoxy) is 1. The summed E-state index contributed by atoms with van der Waals surface area (Å²) in [6, 6.07) is 0.418. The summed E-state index contributed by atoms with van der Waals surface area (Å²) in [6.45, 7) is 2.05. The molecule has 2 N–H and O–H groups in total. The van der Waals surface area contributed by atoms with Crippen molar-refractivity contribution in [2.75, 3.05) is 25.5 Å². The van der Waals surface area contributed by atoms with Gasteiger partial charge in [-0.15, -0.1) is 0 Å². The minimum atomic E-state index is 0.234. The summed E-state index contributed by atoms with van der Waals surface area (Å²) in [4.78, 5) is 8.02. The average molecular weight is 243 g/mol. The third-order valence-corrected chi connectivity index (χ3v) is 2.81. The van der Waals surface area contributed by atoms with Gasteiger partial charge in [0.2, 0.25) is 5.28 Å². The quantitative estimate of drug-likeness (QED) is 0.783. The van der Waals surface area contributed by atoms with E-state index in [2.05, 4.69) is 20.6 Å². The molecule has 0 amide bonds. The van der Waals surface area contributed by atoms with Crippen LogP contribution in [-0.2, 0) is 0 Å². The lowest BCUT2D eigenvalue weighted by molar-refractivity contribution is 0.410. The summed E-state index contributed by atoms with van der Waals surface area (Å²) in [7, 11) is 1.60. The molecule has 1 aromatic heterocycles. The van der Waals surface area contributed by atoms with E-state index >= 15 is 0 Å². The number of anilines is 1. The standard InChI is InChI=1S/C10H15ClN4O/c1-16-8-6-13-10(11)15-9(8)14-7-2-4-12-5-3-7/h6-7,12H,2-5H2,1H3,(H,13,14,15). The molecule has 0 bridgehead atoms. The molecule has 0 saturated carbocycles. The van der Waals surface area contributed by atoms with Gasteiger partial charge < -0.3 is 15.4 Å². The van der Waals surface area contributed by atoms with Crippen LogP contribution in [0.5, 0.6) is 5.75 Å². The van der Waals surface area contributed by atoms with Gasteiger partial charge in [0, 0.05) is 6.04 Å². The van der Waals surface area contributed by atoms with E-state index in [0.29, 0.717) is 17.6 Å². The molecule has 0 aliphatic carbocycles. The summed E-state index contributed by atoms with van der Waals surface area (Å²) in [5.41, 5.74) is 0. The lowest BCUT2D eigenvalue weighted by Crippen LogP contribution is -2.35. The molecule has 1 aromatic rings. The van der Waals surface area contributed by atoms with Crippen molar-refractivity contribution in [3.63, 3.8) is 0 Å². The fourth-order valence-electron chi connectivity index (χ4n) is 1.76. The Kier molecular flexibility index (Phi) is 3.79. The fraction of sp³-hybridized carbons (Fsp3) is 0.600. The molecule has 0 aromatic carbocycles. The SMILES string of the molecule is COc1cnc(Cl)nc1NC1CCNCC1. The van der Waals surface area contributed by atoms with Gasteiger partial charge in [-0.1, -0.05) is 0 Å². The van der Waals surface area contributed by atoms with Crippen molar-refractivity contribution in [1.29, 1.82) is 0 Å². The maximum absolute atomic E-state index is 5.76. The Balaban J connectivity index is 2.09. The summed E-state index contributed by atoms with van der Waals surface area (Å²) >= 11 is 5.76. The van der Waals surface area contributed by atoms with Crippen molar-refractivity contribution in [2.24, 2.45) is 0 Å². The molecule has 5 nitrogen and oxygen atoms in total. The average Bonchev–Trinajstić information content (AvgIpc) is 2.31. The Morgan fingerprint density at radius 2 is 2.25 bits per heavy atom. The normalized spacial score (nSPS) is 17.1. The van der Waals surface area contributed by atoms with E-state index in [4.69, 9.17) is 16.3 Å². The zero-order valence-electron chi connectivity index (χ0n) is 9.16. The van der Waals surface area contributed by atoms with Crippen molar-refractivity contribution in [1.82, 2.24) is 15.3 Å². The molecular formula is C10H15ClN4O. The number of halogens is 1. The van der Waals surface area contributed by atoms with Gasteiger partial charge >= 0.3 is 0 Å². The molecule has 16 heavy (non-hydrogen) atoms. The van der Waals surface area contributed by atoms with E-state index in [-0.39, 0.29) is 5.28 Å². The van der Waals surface area contributed by atoms with Crippen LogP contribution < -0.4 is 15.4 Å². The van der Waals surface area contributed by atoms with Gasteiger partial charge in [0.15, 0.2) is 11.6 Å². The van der Waals surface area contributed by atoms with Crippen LogP contribution >= 0.6 is 11.6 Å². The first-order valence-corrected chi connectivity index (χ1v) is 5.71. The Labute approximate surface area is 99.6 Å². The van der Waals surface area contributed by atoms with Crippen LogP contribution in [0.15, 0.2) is 6.20 Å². The van der Waals surface area contributed by atoms with Crippen molar-refractivity contribution >= 4 is 17.4 Å². The van der Waals surface area contributed by atoms with Gasteiger partial charge in [-0.25, -0.2) is 4.98 Å². The monoisotopic (exact) mass is 242 g/mol. The highest BCUT2D eigenvalue weighted by molar-refractivity contribution is 6.28. The molecule has 2 rings (SSSR count). The van der Waals surface area contributed by atoms with E-state index in [0.717, 1.165) is 25.9 Å². The summed E-state index contributed by atoms with van der Waals surface area (Å²) < 4.78 is 5.18. The van der Waals surface area contributed by atoms with Gasteiger partial charge in [-0.2, -0.15) is 4.98 Å². The number of piperidine rings is 1. The number of methoxy groups -OCH3 is 1. The van der Waals surface area contributed by atoms with Crippen LogP contribution in [0.25, 0.3) is 0 Å². The predicted molar refractivity (Wildman–Crippen MR) is 63.1 cm³/mol. The molecule has 0 atom stereocenters. The second-order valence-corrected chi connectivity index (χ2v) is 4.06. The van der Waals surface area contributed by atoms with Crippen LogP contribution in [-0.4, -0.2) is 36.2 Å². The highest BCUT2D eigenvalue weighted by Crippen LogP contribution is 2.23. The minimum absolute atomic E-state index is 0.234. The van der Waals surface area contributed by atoms with Crippen LogP contribution in [0.4, 0.5) is 5.82 Å². The largest absolute Gasteiger partial charge is 0.491 e. The number of rotatable bonds is 3. The van der Waals surface area contributed by atoms with Crippen LogP contribution in [0, 0.1) is 0 Å². The Morgan fingerprint density at radius 1 is 1.50 bits per heavy atom. The second-order valence-electron chi connectivity index (χ2n) is 3.72. The molecular weight excluding hydrogens is 228 g/mol. The number of hydrogen-bond acceptors (Lipinski definition) is 5. The minimum Gasteiger partial charge on any atom is -0.491 e. The number of aromatic nitrogens is 2. The van der Waals surface area contributed by atoms with Crippen LogP contribution in [0.1, 0.15) is 12.8 Å². The van der Waals surface area contributed by atoms with Crippen LogP contribution in [0.2, 0.25) is 5.28 Å². The zero-order chi connectivity index (χ0) is 11.4. The molecule has 0 unspecified atom stereocenters. The summed E-state index contributed by atoms with van der Waals surface area (Å²) in [6.07, 6.45) is 3.73. The third-order valence-electron chi connectivity index (χ3n) is 2.63. The Hall–Kier alpha value is -1.07. The molecule has 0 spiro atoms. The van der Waals surface area contributed by atoms with Crippen molar-refractivity contribution in [3.8, 4) is 5.75 Å². The number of nitrogens with zero attached hydrogens (tertiary/aromatic N) is 2. The summed E-state index contributed by atoms with van der Waals surface area (Å²) in [5, 5.41) is 6.88. The maximum Gasteiger partial charge on any atom is 0.224 e. The zero-order valence-corrected chi connectivity index (χ0v) is 9.92. The lowest BCUT2D eigenvalue weighted by atomic mass is 10.1. The molecule has 0 radical (unpaired) electrons. The topological polar surface area (TPSA) is 59.1 Å². The van der Waals surface area contributed by atoms with Gasteiger partial charge in [-0.05, 0) is 37.5 Å². The van der Waals surface area contributed by atoms with Crippen molar-refractivity contribution in [2.45, 2.75) is 18.9 Å². The molecule has 1 aliphatic heterocycles. The fourth-order valence-corrected chi connectivity index (χ4v) is 1.89. The Bertz CT molecular complexity index is 355. The second kappa shape index (κ2) is 5.32. The molecule has 1 saturated heterocycles. The van der Waals surface area contributed by atoms with E-state index in [1.165, 1.54) is 0 Å². The van der Waals surface area contributed by atoms with Gasteiger partial charge in [0.25, 0.3) is 0 Å². The predicted octanol–water partition coefficient (Wildman–Crippen LogP) is 1.30. The molecule has 1 aliphatic rings. The molecule has 1 fully saturated rings. The molecule has 88 valence electrons. The third kappa shape index (κ3) is 2.74. The van der Waals surface area contributed by atoms with Crippen molar-refractivity contribution in [3.05, 3.63) is 11.5 Å². The maximum atomic E-state index is 5.76. The van der Waals surface area contributed by atoms with Crippen molar-refractivity contribution < 1.29 is 4.74 Å². The van der Waals surface area contributed by atoms with Gasteiger partial charge in [0.1, 0.15) is 0 Å². The van der Waals surface area contributed by atoms with E-state index in [9.17, 15) is 0 Å². The van der Waals surface area contributed by atoms with Gasteiger partial charge in [-0.3, -0.25) is 0 Å².